The summed E-state index contributed by atoms with van der Waals surface area (Å²) in [5, 5.41) is 4.00. The number of aromatic nitrogens is 2. The van der Waals surface area contributed by atoms with Gasteiger partial charge >= 0.3 is 0 Å². The highest BCUT2D eigenvalue weighted by Crippen LogP contribution is 2.27. The van der Waals surface area contributed by atoms with Gasteiger partial charge in [-0.3, -0.25) is 14.8 Å². The summed E-state index contributed by atoms with van der Waals surface area (Å²) in [6.45, 7) is 10.3. The average Bonchev–Trinajstić information content (AvgIpc) is 2.98. The van der Waals surface area contributed by atoms with E-state index in [4.69, 9.17) is 14.0 Å². The van der Waals surface area contributed by atoms with Crippen molar-refractivity contribution in [2.24, 2.45) is 0 Å². The quantitative estimate of drug-likeness (QED) is 0.529. The van der Waals surface area contributed by atoms with E-state index in [1.165, 1.54) is 5.56 Å². The normalized spacial score (nSPS) is 15.5. The second kappa shape index (κ2) is 10.6. The van der Waals surface area contributed by atoms with Crippen LogP contribution in [0.25, 0.3) is 0 Å². The summed E-state index contributed by atoms with van der Waals surface area (Å²) in [6, 6.07) is 10.2. The summed E-state index contributed by atoms with van der Waals surface area (Å²) in [7, 11) is 1.72. The first kappa shape index (κ1) is 22.3. The maximum atomic E-state index is 6.06. The maximum Gasteiger partial charge on any atom is 0.140 e. The van der Waals surface area contributed by atoms with Gasteiger partial charge in [0.2, 0.25) is 0 Å². The number of nitrogens with zero attached hydrogens (tertiary/aromatic N) is 4. The monoisotopic (exact) mass is 436 g/mol. The molecule has 0 amide bonds. The smallest absolute Gasteiger partial charge is 0.140 e. The predicted molar refractivity (Wildman–Crippen MR) is 123 cm³/mol. The number of rotatable bonds is 8. The van der Waals surface area contributed by atoms with Gasteiger partial charge in [-0.05, 0) is 63.2 Å². The molecular weight excluding hydrogens is 404 g/mol. The van der Waals surface area contributed by atoms with Crippen molar-refractivity contribution in [3.05, 3.63) is 70.9 Å². The Bertz CT molecular complexity index is 986. The molecule has 170 valence electrons. The molecule has 3 aromatic rings. The third-order valence-electron chi connectivity index (χ3n) is 6.02. The van der Waals surface area contributed by atoms with Gasteiger partial charge in [0.15, 0.2) is 0 Å². The Morgan fingerprint density at radius 1 is 1.03 bits per heavy atom. The molecule has 0 N–H and O–H groups in total. The highest BCUT2D eigenvalue weighted by molar-refractivity contribution is 5.40. The average molecular weight is 437 g/mol. The maximum absolute atomic E-state index is 6.06. The fourth-order valence-electron chi connectivity index (χ4n) is 4.16. The Morgan fingerprint density at radius 2 is 1.84 bits per heavy atom. The van der Waals surface area contributed by atoms with Gasteiger partial charge < -0.3 is 14.0 Å². The van der Waals surface area contributed by atoms with Crippen molar-refractivity contribution in [3.8, 4) is 11.5 Å². The second-order valence-corrected chi connectivity index (χ2v) is 8.33. The lowest BCUT2D eigenvalue weighted by Crippen LogP contribution is -2.30. The van der Waals surface area contributed by atoms with Crippen molar-refractivity contribution in [1.29, 1.82) is 0 Å². The van der Waals surface area contributed by atoms with E-state index in [0.717, 1.165) is 79.8 Å². The molecular formula is C25H32N4O3. The zero-order valence-electron chi connectivity index (χ0n) is 19.2. The van der Waals surface area contributed by atoms with E-state index < -0.39 is 0 Å². The van der Waals surface area contributed by atoms with Gasteiger partial charge in [-0.25, -0.2) is 0 Å². The summed E-state index contributed by atoms with van der Waals surface area (Å²) < 4.78 is 16.9. The van der Waals surface area contributed by atoms with Gasteiger partial charge in [-0.15, -0.1) is 0 Å². The molecule has 0 radical (unpaired) electrons. The van der Waals surface area contributed by atoms with Crippen molar-refractivity contribution in [2.45, 2.75) is 40.0 Å². The van der Waals surface area contributed by atoms with Crippen LogP contribution in [0.15, 0.2) is 47.2 Å². The minimum absolute atomic E-state index is 0.444. The van der Waals surface area contributed by atoms with E-state index >= 15 is 0 Å². The van der Waals surface area contributed by atoms with Crippen molar-refractivity contribution in [3.63, 3.8) is 0 Å². The van der Waals surface area contributed by atoms with Gasteiger partial charge in [0.05, 0.1) is 18.4 Å². The van der Waals surface area contributed by atoms with Crippen molar-refractivity contribution in [2.75, 3.05) is 33.3 Å². The third-order valence-corrected chi connectivity index (χ3v) is 6.02. The molecule has 0 aliphatic carbocycles. The minimum atomic E-state index is 0.444. The first-order chi connectivity index (χ1) is 15.6. The van der Waals surface area contributed by atoms with Crippen LogP contribution in [0.3, 0.4) is 0 Å². The Kier molecular flexibility index (Phi) is 7.39. The van der Waals surface area contributed by atoms with Crippen LogP contribution in [0.5, 0.6) is 11.5 Å². The SMILES string of the molecule is COc1ccc(OCc2c(C)noc2C)cc1CN1CCCN(Cc2cccnc2)CC1. The number of benzene rings is 1. The Labute approximate surface area is 189 Å². The number of aryl methyl sites for hydroxylation is 2. The van der Waals surface area contributed by atoms with Crippen LogP contribution in [-0.2, 0) is 19.7 Å². The summed E-state index contributed by atoms with van der Waals surface area (Å²) in [6.07, 6.45) is 4.93. The predicted octanol–water partition coefficient (Wildman–Crippen LogP) is 3.98. The number of hydrogen-bond acceptors (Lipinski definition) is 7. The van der Waals surface area contributed by atoms with Gasteiger partial charge in [0, 0.05) is 44.1 Å². The molecule has 0 atom stereocenters. The fourth-order valence-corrected chi connectivity index (χ4v) is 4.16. The summed E-state index contributed by atoms with van der Waals surface area (Å²) in [5.41, 5.74) is 4.29. The lowest BCUT2D eigenvalue weighted by atomic mass is 10.1. The topological polar surface area (TPSA) is 63.9 Å². The number of methoxy groups -OCH3 is 1. The lowest BCUT2D eigenvalue weighted by Gasteiger charge is -2.23. The van der Waals surface area contributed by atoms with E-state index in [2.05, 4.69) is 32.1 Å². The molecule has 0 saturated carbocycles. The molecule has 0 bridgehead atoms. The molecule has 1 aliphatic heterocycles. The first-order valence-electron chi connectivity index (χ1n) is 11.2. The van der Waals surface area contributed by atoms with E-state index in [1.807, 2.05) is 44.4 Å². The number of pyridine rings is 1. The standard InChI is InChI=1S/C25H32N4O3/c1-19-24(20(2)32-27-19)18-31-23-7-8-25(30-3)22(14-23)17-29-11-5-10-28(12-13-29)16-21-6-4-9-26-15-21/h4,6-9,14-15H,5,10-13,16-18H2,1-3H3. The van der Waals surface area contributed by atoms with Crippen LogP contribution in [0.1, 0.15) is 34.6 Å². The summed E-state index contributed by atoms with van der Waals surface area (Å²) in [5.74, 6) is 2.52. The van der Waals surface area contributed by atoms with Gasteiger partial charge in [-0.1, -0.05) is 11.2 Å². The molecule has 1 aromatic carbocycles. The number of hydrogen-bond donors (Lipinski definition) is 0. The van der Waals surface area contributed by atoms with Crippen LogP contribution in [0.2, 0.25) is 0 Å². The van der Waals surface area contributed by atoms with E-state index in [0.29, 0.717) is 6.61 Å². The molecule has 4 rings (SSSR count). The van der Waals surface area contributed by atoms with Gasteiger partial charge in [0.1, 0.15) is 23.9 Å². The Hall–Kier alpha value is -2.90. The van der Waals surface area contributed by atoms with E-state index in [9.17, 15) is 0 Å². The third kappa shape index (κ3) is 5.66. The molecule has 1 fully saturated rings. The molecule has 2 aromatic heterocycles. The molecule has 1 saturated heterocycles. The van der Waals surface area contributed by atoms with Crippen molar-refractivity contribution >= 4 is 0 Å². The molecule has 7 nitrogen and oxygen atoms in total. The van der Waals surface area contributed by atoms with Gasteiger partial charge in [0.25, 0.3) is 0 Å². The van der Waals surface area contributed by atoms with Crippen molar-refractivity contribution < 1.29 is 14.0 Å². The Balaban J connectivity index is 1.37. The molecule has 0 spiro atoms. The molecule has 0 unspecified atom stereocenters. The minimum Gasteiger partial charge on any atom is -0.496 e. The molecule has 3 heterocycles. The molecule has 1 aliphatic rings. The van der Waals surface area contributed by atoms with Crippen LogP contribution < -0.4 is 9.47 Å². The van der Waals surface area contributed by atoms with Crippen LogP contribution in [0, 0.1) is 13.8 Å². The molecule has 32 heavy (non-hydrogen) atoms. The first-order valence-corrected chi connectivity index (χ1v) is 11.2. The van der Waals surface area contributed by atoms with Crippen LogP contribution in [0.4, 0.5) is 0 Å². The summed E-state index contributed by atoms with van der Waals surface area (Å²) >= 11 is 0. The van der Waals surface area contributed by atoms with E-state index in [1.54, 1.807) is 7.11 Å². The zero-order chi connectivity index (χ0) is 22.3. The Morgan fingerprint density at radius 3 is 2.53 bits per heavy atom. The van der Waals surface area contributed by atoms with Crippen LogP contribution >= 0.6 is 0 Å². The highest BCUT2D eigenvalue weighted by Gasteiger charge is 2.18. The largest absolute Gasteiger partial charge is 0.496 e. The highest BCUT2D eigenvalue weighted by atomic mass is 16.5. The summed E-state index contributed by atoms with van der Waals surface area (Å²) in [4.78, 5) is 9.25. The fraction of sp³-hybridized carbons (Fsp3) is 0.440. The van der Waals surface area contributed by atoms with Crippen molar-refractivity contribution in [1.82, 2.24) is 19.9 Å². The van der Waals surface area contributed by atoms with Gasteiger partial charge in [-0.2, -0.15) is 0 Å². The lowest BCUT2D eigenvalue weighted by molar-refractivity contribution is 0.244. The second-order valence-electron chi connectivity index (χ2n) is 8.33. The zero-order valence-corrected chi connectivity index (χ0v) is 19.2. The number of ether oxygens (including phenoxy) is 2. The molecule has 7 heteroatoms. The van der Waals surface area contributed by atoms with E-state index in [-0.39, 0.29) is 0 Å². The van der Waals surface area contributed by atoms with Crippen LogP contribution in [-0.4, -0.2) is 53.2 Å².